The van der Waals surface area contributed by atoms with Gasteiger partial charge in [-0.1, -0.05) is 0 Å². The summed E-state index contributed by atoms with van der Waals surface area (Å²) in [5.74, 6) is -0.174. The average molecular weight is 273 g/mol. The van der Waals surface area contributed by atoms with Gasteiger partial charge in [0.25, 0.3) is 5.91 Å². The normalized spacial score (nSPS) is 10.1. The summed E-state index contributed by atoms with van der Waals surface area (Å²) in [6.45, 7) is 4.01. The van der Waals surface area contributed by atoms with Crippen LogP contribution >= 0.6 is 0 Å². The van der Waals surface area contributed by atoms with Crippen molar-refractivity contribution in [3.05, 3.63) is 52.1 Å². The molecule has 0 saturated heterocycles. The van der Waals surface area contributed by atoms with Gasteiger partial charge in [0, 0.05) is 24.2 Å². The fraction of sp³-hybridized carbons (Fsp3) is 0.214. The van der Waals surface area contributed by atoms with Crippen LogP contribution in [0.25, 0.3) is 0 Å². The van der Waals surface area contributed by atoms with E-state index in [-0.39, 0.29) is 11.0 Å². The molecule has 6 nitrogen and oxygen atoms in total. The minimum Gasteiger partial charge on any atom is -0.476 e. The third kappa shape index (κ3) is 3.03. The number of anilines is 1. The predicted octanol–water partition coefficient (Wildman–Crippen LogP) is 1.73. The van der Waals surface area contributed by atoms with E-state index in [2.05, 4.69) is 15.3 Å². The number of ether oxygens (including phenoxy) is 1. The molecule has 2 aromatic rings. The number of H-pyrrole nitrogens is 1. The second-order valence-corrected chi connectivity index (χ2v) is 4.14. The molecule has 0 aromatic carbocycles. The maximum atomic E-state index is 12.1. The van der Waals surface area contributed by atoms with E-state index in [0.717, 1.165) is 0 Å². The average Bonchev–Trinajstić information content (AvgIpc) is 2.41. The minimum absolute atomic E-state index is 0.0434. The summed E-state index contributed by atoms with van der Waals surface area (Å²) in [4.78, 5) is 30.7. The summed E-state index contributed by atoms with van der Waals surface area (Å²) in [6.07, 6.45) is 2.96. The Hall–Kier alpha value is -2.63. The van der Waals surface area contributed by atoms with Gasteiger partial charge >= 0.3 is 0 Å². The molecule has 0 spiro atoms. The fourth-order valence-electron chi connectivity index (χ4n) is 1.68. The first-order valence-electron chi connectivity index (χ1n) is 6.20. The number of aromatic amines is 1. The van der Waals surface area contributed by atoms with Crippen molar-refractivity contribution < 1.29 is 9.53 Å². The maximum absolute atomic E-state index is 12.1. The van der Waals surface area contributed by atoms with E-state index < -0.39 is 5.91 Å². The predicted molar refractivity (Wildman–Crippen MR) is 75.2 cm³/mol. The molecule has 0 aliphatic carbocycles. The van der Waals surface area contributed by atoms with Gasteiger partial charge in [-0.05, 0) is 26.0 Å². The van der Waals surface area contributed by atoms with Crippen LogP contribution in [-0.2, 0) is 0 Å². The van der Waals surface area contributed by atoms with Gasteiger partial charge in [0.1, 0.15) is 11.3 Å². The van der Waals surface area contributed by atoms with Crippen LogP contribution < -0.4 is 15.5 Å². The zero-order chi connectivity index (χ0) is 14.5. The second kappa shape index (κ2) is 6.01. The molecule has 104 valence electrons. The number of nitrogens with one attached hydrogen (secondary N) is 2. The molecular formula is C14H15N3O3. The highest BCUT2D eigenvalue weighted by Gasteiger charge is 2.13. The molecule has 0 aliphatic rings. The van der Waals surface area contributed by atoms with Gasteiger partial charge < -0.3 is 15.0 Å². The van der Waals surface area contributed by atoms with Crippen molar-refractivity contribution in [1.82, 2.24) is 9.97 Å². The monoisotopic (exact) mass is 273 g/mol. The number of aryl methyl sites for hydroxylation is 1. The molecular weight excluding hydrogens is 258 g/mol. The molecule has 20 heavy (non-hydrogen) atoms. The minimum atomic E-state index is -0.500. The lowest BCUT2D eigenvalue weighted by Gasteiger charge is -2.09. The van der Waals surface area contributed by atoms with Gasteiger partial charge in [-0.2, -0.15) is 0 Å². The van der Waals surface area contributed by atoms with E-state index in [1.165, 1.54) is 12.3 Å². The Morgan fingerprint density at radius 3 is 3.00 bits per heavy atom. The number of carbonyl (C=O) groups excluding carboxylic acids is 1. The van der Waals surface area contributed by atoms with Gasteiger partial charge in [0.15, 0.2) is 5.43 Å². The van der Waals surface area contributed by atoms with E-state index in [0.29, 0.717) is 23.9 Å². The summed E-state index contributed by atoms with van der Waals surface area (Å²) in [5, 5.41) is 2.63. The SMILES string of the molecule is CCOc1ncccc1NC(=O)c1c[nH]c(C)cc1=O. The first-order valence-corrected chi connectivity index (χ1v) is 6.20. The Bertz CT molecular complexity index is 679. The van der Waals surface area contributed by atoms with Gasteiger partial charge in [-0.3, -0.25) is 9.59 Å². The highest BCUT2D eigenvalue weighted by Crippen LogP contribution is 2.20. The summed E-state index contributed by atoms with van der Waals surface area (Å²) in [5.41, 5.74) is 0.838. The first-order chi connectivity index (χ1) is 9.61. The Kier molecular flexibility index (Phi) is 4.14. The van der Waals surface area contributed by atoms with Gasteiger partial charge in [-0.15, -0.1) is 0 Å². The second-order valence-electron chi connectivity index (χ2n) is 4.14. The number of rotatable bonds is 4. The van der Waals surface area contributed by atoms with Crippen LogP contribution in [-0.4, -0.2) is 22.5 Å². The number of aromatic nitrogens is 2. The molecule has 0 atom stereocenters. The van der Waals surface area contributed by atoms with Gasteiger partial charge in [0.2, 0.25) is 5.88 Å². The highest BCUT2D eigenvalue weighted by molar-refractivity contribution is 6.04. The number of amides is 1. The van der Waals surface area contributed by atoms with Crippen LogP contribution in [0.15, 0.2) is 35.4 Å². The van der Waals surface area contributed by atoms with Crippen LogP contribution in [0.3, 0.4) is 0 Å². The summed E-state index contributed by atoms with van der Waals surface area (Å²) in [6, 6.07) is 4.72. The highest BCUT2D eigenvalue weighted by atomic mass is 16.5. The Balaban J connectivity index is 2.26. The molecule has 0 aliphatic heterocycles. The molecule has 2 aromatic heterocycles. The third-order valence-corrected chi connectivity index (χ3v) is 2.60. The van der Waals surface area contributed by atoms with E-state index in [9.17, 15) is 9.59 Å². The molecule has 0 radical (unpaired) electrons. The van der Waals surface area contributed by atoms with Crippen molar-refractivity contribution in [2.75, 3.05) is 11.9 Å². The Labute approximate surface area is 115 Å². The van der Waals surface area contributed by atoms with E-state index in [1.807, 2.05) is 6.92 Å². The first kappa shape index (κ1) is 13.8. The van der Waals surface area contributed by atoms with Crippen molar-refractivity contribution >= 4 is 11.6 Å². The van der Waals surface area contributed by atoms with Gasteiger partial charge in [-0.25, -0.2) is 4.98 Å². The molecule has 0 unspecified atom stereocenters. The molecule has 2 N–H and O–H groups in total. The van der Waals surface area contributed by atoms with Crippen LogP contribution in [0.4, 0.5) is 5.69 Å². The molecule has 1 amide bonds. The lowest BCUT2D eigenvalue weighted by molar-refractivity contribution is 0.102. The summed E-state index contributed by atoms with van der Waals surface area (Å²) < 4.78 is 5.31. The summed E-state index contributed by atoms with van der Waals surface area (Å²) in [7, 11) is 0. The number of carbonyl (C=O) groups is 1. The maximum Gasteiger partial charge on any atom is 0.261 e. The Morgan fingerprint density at radius 2 is 2.30 bits per heavy atom. The zero-order valence-electron chi connectivity index (χ0n) is 11.3. The van der Waals surface area contributed by atoms with Crippen molar-refractivity contribution in [3.8, 4) is 5.88 Å². The van der Waals surface area contributed by atoms with E-state index in [4.69, 9.17) is 4.74 Å². The molecule has 2 rings (SSSR count). The standard InChI is InChI=1S/C14H15N3O3/c1-3-20-14-11(5-4-6-15-14)17-13(19)10-8-16-9(2)7-12(10)18/h4-8H,3H2,1-2H3,(H,16,18)(H,17,19). The lowest BCUT2D eigenvalue weighted by atomic mass is 10.2. The molecule has 0 saturated carbocycles. The van der Waals surface area contributed by atoms with E-state index in [1.54, 1.807) is 25.3 Å². The van der Waals surface area contributed by atoms with Crippen molar-refractivity contribution in [1.29, 1.82) is 0 Å². The van der Waals surface area contributed by atoms with Gasteiger partial charge in [0.05, 0.1) is 6.61 Å². The van der Waals surface area contributed by atoms with Crippen molar-refractivity contribution in [3.63, 3.8) is 0 Å². The van der Waals surface area contributed by atoms with Crippen LogP contribution in [0.1, 0.15) is 23.0 Å². The third-order valence-electron chi connectivity index (χ3n) is 2.60. The molecule has 0 fully saturated rings. The summed E-state index contributed by atoms with van der Waals surface area (Å²) >= 11 is 0. The largest absolute Gasteiger partial charge is 0.476 e. The number of nitrogens with zero attached hydrogens (tertiary/aromatic N) is 1. The number of hydrogen-bond acceptors (Lipinski definition) is 4. The molecule has 6 heteroatoms. The van der Waals surface area contributed by atoms with Crippen molar-refractivity contribution in [2.45, 2.75) is 13.8 Å². The smallest absolute Gasteiger partial charge is 0.261 e. The Morgan fingerprint density at radius 1 is 1.50 bits per heavy atom. The zero-order valence-corrected chi connectivity index (χ0v) is 11.3. The van der Waals surface area contributed by atoms with Crippen LogP contribution in [0, 0.1) is 6.92 Å². The molecule has 2 heterocycles. The molecule has 0 bridgehead atoms. The van der Waals surface area contributed by atoms with Crippen LogP contribution in [0.2, 0.25) is 0 Å². The van der Waals surface area contributed by atoms with Crippen LogP contribution in [0.5, 0.6) is 5.88 Å². The van der Waals surface area contributed by atoms with E-state index >= 15 is 0 Å². The fourth-order valence-corrected chi connectivity index (χ4v) is 1.68. The van der Waals surface area contributed by atoms with Crippen molar-refractivity contribution in [2.24, 2.45) is 0 Å². The number of hydrogen-bond donors (Lipinski definition) is 2. The lowest BCUT2D eigenvalue weighted by Crippen LogP contribution is -2.22. The topological polar surface area (TPSA) is 84.1 Å². The number of pyridine rings is 2. The quantitative estimate of drug-likeness (QED) is 0.888.